The highest BCUT2D eigenvalue weighted by Gasteiger charge is 2.10. The van der Waals surface area contributed by atoms with Gasteiger partial charge in [-0.25, -0.2) is 0 Å². The van der Waals surface area contributed by atoms with Crippen molar-refractivity contribution < 1.29 is 4.74 Å². The lowest BCUT2D eigenvalue weighted by Crippen LogP contribution is -1.97. The largest absolute Gasteiger partial charge is 0.497 e. The van der Waals surface area contributed by atoms with Gasteiger partial charge in [0.1, 0.15) is 11.8 Å². The minimum atomic E-state index is 0. The van der Waals surface area contributed by atoms with Crippen LogP contribution in [0.2, 0.25) is 5.02 Å². The van der Waals surface area contributed by atoms with Crippen LogP contribution < -0.4 is 10.1 Å². The second kappa shape index (κ2) is 7.19. The standard InChI is InChI=1S/C17H12ClN3O.ClH/c1-22-14-6-7-15-16(8-14)20-10-11(9-19)17(15)21-13-4-2-12(18)3-5-13;/h2-8,10H,1H3,(H,20,21);1H. The lowest BCUT2D eigenvalue weighted by Gasteiger charge is -2.12. The van der Waals surface area contributed by atoms with Crippen molar-refractivity contribution in [2.24, 2.45) is 0 Å². The summed E-state index contributed by atoms with van der Waals surface area (Å²) in [4.78, 5) is 4.31. The highest BCUT2D eigenvalue weighted by molar-refractivity contribution is 6.30. The molecule has 0 spiro atoms. The first-order chi connectivity index (χ1) is 10.7. The summed E-state index contributed by atoms with van der Waals surface area (Å²) in [5.74, 6) is 0.724. The summed E-state index contributed by atoms with van der Waals surface area (Å²) in [6.45, 7) is 0. The molecule has 2 aromatic carbocycles. The average Bonchev–Trinajstić information content (AvgIpc) is 2.56. The van der Waals surface area contributed by atoms with Crippen LogP contribution in [0.15, 0.2) is 48.7 Å². The van der Waals surface area contributed by atoms with Crippen LogP contribution in [0.5, 0.6) is 5.75 Å². The van der Waals surface area contributed by atoms with Gasteiger partial charge in [0.05, 0.1) is 23.9 Å². The number of benzene rings is 2. The fourth-order valence-electron chi connectivity index (χ4n) is 2.20. The van der Waals surface area contributed by atoms with Crippen LogP contribution in [0.25, 0.3) is 10.9 Å². The summed E-state index contributed by atoms with van der Waals surface area (Å²) in [5, 5.41) is 14.1. The van der Waals surface area contributed by atoms with Gasteiger partial charge < -0.3 is 10.1 Å². The van der Waals surface area contributed by atoms with E-state index >= 15 is 0 Å². The van der Waals surface area contributed by atoms with E-state index in [0.717, 1.165) is 28.0 Å². The van der Waals surface area contributed by atoms with E-state index in [1.165, 1.54) is 0 Å². The molecule has 116 valence electrons. The molecule has 1 aromatic heterocycles. The van der Waals surface area contributed by atoms with Gasteiger partial charge in [0.2, 0.25) is 0 Å². The molecule has 3 rings (SSSR count). The van der Waals surface area contributed by atoms with Crippen molar-refractivity contribution in [2.45, 2.75) is 0 Å². The van der Waals surface area contributed by atoms with Gasteiger partial charge in [-0.15, -0.1) is 12.4 Å². The molecule has 0 fully saturated rings. The number of fused-ring (bicyclic) bond motifs is 1. The molecule has 0 atom stereocenters. The molecule has 6 heteroatoms. The van der Waals surface area contributed by atoms with Gasteiger partial charge in [-0.3, -0.25) is 4.98 Å². The van der Waals surface area contributed by atoms with Crippen molar-refractivity contribution in [3.63, 3.8) is 0 Å². The number of nitrogens with one attached hydrogen (secondary N) is 1. The summed E-state index contributed by atoms with van der Waals surface area (Å²) < 4.78 is 5.21. The number of nitrogens with zero attached hydrogens (tertiary/aromatic N) is 2. The van der Waals surface area contributed by atoms with Crippen molar-refractivity contribution >= 4 is 46.3 Å². The first-order valence-electron chi connectivity index (χ1n) is 6.60. The number of rotatable bonds is 3. The van der Waals surface area contributed by atoms with Crippen molar-refractivity contribution in [3.8, 4) is 11.8 Å². The smallest absolute Gasteiger partial charge is 0.121 e. The Hall–Kier alpha value is -2.48. The minimum absolute atomic E-state index is 0. The molecule has 0 saturated heterocycles. The van der Waals surface area contributed by atoms with Gasteiger partial charge in [-0.05, 0) is 36.4 Å². The molecule has 4 nitrogen and oxygen atoms in total. The molecule has 0 saturated carbocycles. The number of hydrogen-bond acceptors (Lipinski definition) is 4. The molecule has 0 bridgehead atoms. The van der Waals surface area contributed by atoms with Gasteiger partial charge in [0, 0.05) is 28.4 Å². The molecule has 0 unspecified atom stereocenters. The Balaban J connectivity index is 0.00000192. The summed E-state index contributed by atoms with van der Waals surface area (Å²) in [5.41, 5.74) is 2.81. The third-order valence-electron chi connectivity index (χ3n) is 3.31. The SMILES string of the molecule is COc1ccc2c(Nc3ccc(Cl)cc3)c(C#N)cnc2c1.Cl. The maximum Gasteiger partial charge on any atom is 0.121 e. The Morgan fingerprint density at radius 3 is 2.57 bits per heavy atom. The van der Waals surface area contributed by atoms with Crippen molar-refractivity contribution in [3.05, 3.63) is 59.2 Å². The lowest BCUT2D eigenvalue weighted by atomic mass is 10.1. The van der Waals surface area contributed by atoms with Crippen LogP contribution in [0.4, 0.5) is 11.4 Å². The Morgan fingerprint density at radius 2 is 1.91 bits per heavy atom. The van der Waals surface area contributed by atoms with E-state index in [-0.39, 0.29) is 12.4 Å². The maximum absolute atomic E-state index is 9.32. The average molecular weight is 346 g/mol. The Kier molecular flexibility index (Phi) is 5.28. The van der Waals surface area contributed by atoms with Crippen LogP contribution in [0.1, 0.15) is 5.56 Å². The summed E-state index contributed by atoms with van der Waals surface area (Å²) >= 11 is 5.90. The first kappa shape index (κ1) is 16.9. The Morgan fingerprint density at radius 1 is 1.17 bits per heavy atom. The molecule has 0 aliphatic carbocycles. The predicted octanol–water partition coefficient (Wildman–Crippen LogP) is 4.93. The van der Waals surface area contributed by atoms with Crippen LogP contribution in [0.3, 0.4) is 0 Å². The fraction of sp³-hybridized carbons (Fsp3) is 0.0588. The summed E-state index contributed by atoms with van der Waals surface area (Å²) in [6.07, 6.45) is 1.56. The van der Waals surface area contributed by atoms with Crippen molar-refractivity contribution in [1.82, 2.24) is 4.98 Å². The molecule has 3 aromatic rings. The third-order valence-corrected chi connectivity index (χ3v) is 3.56. The van der Waals surface area contributed by atoms with Crippen LogP contribution in [-0.4, -0.2) is 12.1 Å². The summed E-state index contributed by atoms with van der Waals surface area (Å²) in [6, 6.07) is 15.0. The molecule has 1 N–H and O–H groups in total. The normalized spacial score (nSPS) is 9.78. The lowest BCUT2D eigenvalue weighted by molar-refractivity contribution is 0.415. The van der Waals surface area contributed by atoms with Gasteiger partial charge in [-0.1, -0.05) is 11.6 Å². The van der Waals surface area contributed by atoms with E-state index in [1.54, 1.807) is 25.4 Å². The number of anilines is 2. The monoisotopic (exact) mass is 345 g/mol. The van der Waals surface area contributed by atoms with Crippen molar-refractivity contribution in [1.29, 1.82) is 5.26 Å². The number of methoxy groups -OCH3 is 1. The van der Waals surface area contributed by atoms with Gasteiger partial charge in [-0.2, -0.15) is 5.26 Å². The molecule has 0 aliphatic heterocycles. The second-order valence-corrected chi connectivity index (χ2v) is 5.11. The number of hydrogen-bond donors (Lipinski definition) is 1. The number of aromatic nitrogens is 1. The highest BCUT2D eigenvalue weighted by Crippen LogP contribution is 2.31. The van der Waals surface area contributed by atoms with Crippen molar-refractivity contribution in [2.75, 3.05) is 12.4 Å². The Labute approximate surface area is 145 Å². The van der Waals surface area contributed by atoms with Crippen LogP contribution in [0, 0.1) is 11.3 Å². The first-order valence-corrected chi connectivity index (χ1v) is 6.98. The minimum Gasteiger partial charge on any atom is -0.497 e. The zero-order chi connectivity index (χ0) is 15.5. The summed E-state index contributed by atoms with van der Waals surface area (Å²) in [7, 11) is 1.61. The third kappa shape index (κ3) is 3.48. The van der Waals surface area contributed by atoms with E-state index in [9.17, 15) is 5.26 Å². The van der Waals surface area contributed by atoms with E-state index < -0.39 is 0 Å². The maximum atomic E-state index is 9.32. The zero-order valence-electron chi connectivity index (χ0n) is 12.2. The molecule has 23 heavy (non-hydrogen) atoms. The molecular formula is C17H13Cl2N3O. The number of halogens is 2. The predicted molar refractivity (Wildman–Crippen MR) is 95.0 cm³/mol. The number of ether oxygens (including phenoxy) is 1. The fourth-order valence-corrected chi connectivity index (χ4v) is 2.32. The number of nitriles is 1. The van der Waals surface area contributed by atoms with E-state index in [2.05, 4.69) is 16.4 Å². The topological polar surface area (TPSA) is 57.9 Å². The van der Waals surface area contributed by atoms with E-state index in [1.807, 2.05) is 30.3 Å². The molecular weight excluding hydrogens is 333 g/mol. The van der Waals surface area contributed by atoms with Gasteiger partial charge >= 0.3 is 0 Å². The highest BCUT2D eigenvalue weighted by atomic mass is 35.5. The van der Waals surface area contributed by atoms with Crippen LogP contribution in [-0.2, 0) is 0 Å². The van der Waals surface area contributed by atoms with E-state index in [0.29, 0.717) is 10.6 Å². The van der Waals surface area contributed by atoms with Crippen LogP contribution >= 0.6 is 24.0 Å². The van der Waals surface area contributed by atoms with Gasteiger partial charge in [0.25, 0.3) is 0 Å². The van der Waals surface area contributed by atoms with Gasteiger partial charge in [0.15, 0.2) is 0 Å². The number of pyridine rings is 1. The molecule has 0 aliphatic rings. The molecule has 1 heterocycles. The Bertz CT molecular complexity index is 873. The zero-order valence-corrected chi connectivity index (χ0v) is 13.8. The quantitative estimate of drug-likeness (QED) is 0.730. The van der Waals surface area contributed by atoms with E-state index in [4.69, 9.17) is 16.3 Å². The molecule has 0 radical (unpaired) electrons. The molecule has 0 amide bonds. The second-order valence-electron chi connectivity index (χ2n) is 4.67.